The van der Waals surface area contributed by atoms with Crippen LogP contribution in [0.1, 0.15) is 5.56 Å². The van der Waals surface area contributed by atoms with Crippen LogP contribution in [0.5, 0.6) is 0 Å². The first-order chi connectivity index (χ1) is 9.25. The van der Waals surface area contributed by atoms with Crippen LogP contribution in [0, 0.1) is 6.92 Å². The van der Waals surface area contributed by atoms with Gasteiger partial charge in [0.25, 0.3) is 0 Å². The zero-order chi connectivity index (χ0) is 13.2. The van der Waals surface area contributed by atoms with E-state index < -0.39 is 0 Å². The lowest BCUT2D eigenvalue weighted by Crippen LogP contribution is -1.97. The van der Waals surface area contributed by atoms with E-state index in [-0.39, 0.29) is 0 Å². The molecule has 0 N–H and O–H groups in total. The van der Waals surface area contributed by atoms with E-state index in [9.17, 15) is 0 Å². The third-order valence-electron chi connectivity index (χ3n) is 3.01. The third-order valence-corrected chi connectivity index (χ3v) is 3.50. The van der Waals surface area contributed by atoms with E-state index in [4.69, 9.17) is 0 Å². The Balaban J connectivity index is 2.15. The van der Waals surface area contributed by atoms with Crippen molar-refractivity contribution >= 4 is 15.9 Å². The Kier molecular flexibility index (Phi) is 3.17. The summed E-state index contributed by atoms with van der Waals surface area (Å²) in [4.78, 5) is 0. The predicted molar refractivity (Wildman–Crippen MR) is 79.2 cm³/mol. The highest BCUT2D eigenvalue weighted by atomic mass is 79.9. The first-order valence-electron chi connectivity index (χ1n) is 5.97. The van der Waals surface area contributed by atoms with Crippen molar-refractivity contribution in [3.05, 3.63) is 64.9 Å². The van der Waals surface area contributed by atoms with Gasteiger partial charge in [-0.05, 0) is 42.8 Å². The highest BCUT2D eigenvalue weighted by Crippen LogP contribution is 2.26. The molecule has 0 saturated carbocycles. The van der Waals surface area contributed by atoms with Crippen LogP contribution >= 0.6 is 15.9 Å². The zero-order valence-corrected chi connectivity index (χ0v) is 12.0. The maximum absolute atomic E-state index is 4.25. The summed E-state index contributed by atoms with van der Waals surface area (Å²) in [6, 6.07) is 16.3. The fourth-order valence-corrected chi connectivity index (χ4v) is 2.55. The molecule has 3 rings (SSSR count). The summed E-state index contributed by atoms with van der Waals surface area (Å²) in [7, 11) is 0. The van der Waals surface area contributed by atoms with Crippen molar-refractivity contribution in [3.8, 4) is 17.1 Å². The van der Waals surface area contributed by atoms with Gasteiger partial charge >= 0.3 is 0 Å². The molecule has 1 heterocycles. The smallest absolute Gasteiger partial charge is 0.168 e. The summed E-state index contributed by atoms with van der Waals surface area (Å²) in [6.45, 7) is 2.07. The number of hydrogen-bond donors (Lipinski definition) is 0. The Morgan fingerprint density at radius 2 is 1.84 bits per heavy atom. The van der Waals surface area contributed by atoms with Gasteiger partial charge in [0.15, 0.2) is 5.82 Å². The van der Waals surface area contributed by atoms with Gasteiger partial charge in [0.2, 0.25) is 0 Å². The van der Waals surface area contributed by atoms with Crippen molar-refractivity contribution in [3.63, 3.8) is 0 Å². The molecule has 2 aromatic carbocycles. The quantitative estimate of drug-likeness (QED) is 0.715. The van der Waals surface area contributed by atoms with Crippen LogP contribution in [0.4, 0.5) is 0 Å². The van der Waals surface area contributed by atoms with Crippen LogP contribution in [-0.4, -0.2) is 14.8 Å². The van der Waals surface area contributed by atoms with Gasteiger partial charge in [0.05, 0.1) is 0 Å². The Labute approximate surface area is 120 Å². The summed E-state index contributed by atoms with van der Waals surface area (Å²) in [5, 5.41) is 8.29. The number of aryl methyl sites for hydroxylation is 1. The molecule has 0 aliphatic carbocycles. The number of nitrogens with zero attached hydrogens (tertiary/aromatic N) is 3. The van der Waals surface area contributed by atoms with Gasteiger partial charge in [0.1, 0.15) is 6.33 Å². The SMILES string of the molecule is Cc1cc(Br)ccc1-c1nncn1-c1ccccc1. The molecule has 3 aromatic rings. The van der Waals surface area contributed by atoms with Crippen LogP contribution in [0.15, 0.2) is 59.3 Å². The zero-order valence-electron chi connectivity index (χ0n) is 10.4. The number of aromatic nitrogens is 3. The lowest BCUT2D eigenvalue weighted by atomic mass is 10.1. The molecular formula is C15H12BrN3. The molecule has 4 heteroatoms. The second kappa shape index (κ2) is 4.97. The summed E-state index contributed by atoms with van der Waals surface area (Å²) < 4.78 is 3.07. The molecule has 1 aromatic heterocycles. The fraction of sp³-hybridized carbons (Fsp3) is 0.0667. The Morgan fingerprint density at radius 3 is 2.58 bits per heavy atom. The van der Waals surface area contributed by atoms with Crippen LogP contribution < -0.4 is 0 Å². The lowest BCUT2D eigenvalue weighted by molar-refractivity contribution is 1.06. The minimum atomic E-state index is 0.858. The highest BCUT2D eigenvalue weighted by molar-refractivity contribution is 9.10. The maximum Gasteiger partial charge on any atom is 0.168 e. The van der Waals surface area contributed by atoms with Gasteiger partial charge in [-0.15, -0.1) is 10.2 Å². The van der Waals surface area contributed by atoms with Crippen LogP contribution in [-0.2, 0) is 0 Å². The molecule has 0 aliphatic rings. The van der Waals surface area contributed by atoms with Gasteiger partial charge in [-0.3, -0.25) is 4.57 Å². The van der Waals surface area contributed by atoms with Crippen molar-refractivity contribution in [1.82, 2.24) is 14.8 Å². The predicted octanol–water partition coefficient (Wildman–Crippen LogP) is 4.01. The number of para-hydroxylation sites is 1. The van der Waals surface area contributed by atoms with E-state index >= 15 is 0 Å². The molecule has 0 unspecified atom stereocenters. The van der Waals surface area contributed by atoms with Gasteiger partial charge in [0, 0.05) is 15.7 Å². The third kappa shape index (κ3) is 2.31. The summed E-state index contributed by atoms with van der Waals surface area (Å²) in [6.07, 6.45) is 1.74. The standard InChI is InChI=1S/C15H12BrN3/c1-11-9-12(16)7-8-14(11)15-18-17-10-19(15)13-5-3-2-4-6-13/h2-10H,1H3. The van der Waals surface area contributed by atoms with E-state index in [1.54, 1.807) is 6.33 Å². The van der Waals surface area contributed by atoms with E-state index in [0.717, 1.165) is 21.5 Å². The molecule has 0 atom stereocenters. The number of benzene rings is 2. The van der Waals surface area contributed by atoms with Crippen LogP contribution in [0.25, 0.3) is 17.1 Å². The monoisotopic (exact) mass is 313 g/mol. The maximum atomic E-state index is 4.25. The van der Waals surface area contributed by atoms with Crippen molar-refractivity contribution in [2.45, 2.75) is 6.92 Å². The second-order valence-electron chi connectivity index (χ2n) is 4.32. The van der Waals surface area contributed by atoms with E-state index in [2.05, 4.69) is 45.2 Å². The van der Waals surface area contributed by atoms with Gasteiger partial charge in [-0.25, -0.2) is 0 Å². The van der Waals surface area contributed by atoms with Crippen molar-refractivity contribution in [2.24, 2.45) is 0 Å². The molecule has 0 bridgehead atoms. The highest BCUT2D eigenvalue weighted by Gasteiger charge is 2.11. The average Bonchev–Trinajstić information content (AvgIpc) is 2.89. The van der Waals surface area contributed by atoms with Crippen LogP contribution in [0.2, 0.25) is 0 Å². The van der Waals surface area contributed by atoms with E-state index in [0.29, 0.717) is 0 Å². The van der Waals surface area contributed by atoms with Crippen molar-refractivity contribution in [1.29, 1.82) is 0 Å². The molecule has 19 heavy (non-hydrogen) atoms. The molecule has 0 spiro atoms. The summed E-state index contributed by atoms with van der Waals surface area (Å²) in [5.74, 6) is 0.858. The topological polar surface area (TPSA) is 30.7 Å². The molecule has 3 nitrogen and oxygen atoms in total. The summed E-state index contributed by atoms with van der Waals surface area (Å²) in [5.41, 5.74) is 3.31. The molecular weight excluding hydrogens is 302 g/mol. The molecule has 0 radical (unpaired) electrons. The van der Waals surface area contributed by atoms with Gasteiger partial charge < -0.3 is 0 Å². The largest absolute Gasteiger partial charge is 0.282 e. The Morgan fingerprint density at radius 1 is 1.05 bits per heavy atom. The molecule has 0 aliphatic heterocycles. The number of hydrogen-bond acceptors (Lipinski definition) is 2. The Hall–Kier alpha value is -1.94. The van der Waals surface area contributed by atoms with Crippen molar-refractivity contribution in [2.75, 3.05) is 0 Å². The van der Waals surface area contributed by atoms with Gasteiger partial charge in [-0.2, -0.15) is 0 Å². The number of halogens is 1. The minimum Gasteiger partial charge on any atom is -0.282 e. The van der Waals surface area contributed by atoms with E-state index in [1.807, 2.05) is 41.0 Å². The first-order valence-corrected chi connectivity index (χ1v) is 6.77. The normalized spacial score (nSPS) is 10.6. The molecule has 94 valence electrons. The van der Waals surface area contributed by atoms with Crippen LogP contribution in [0.3, 0.4) is 0 Å². The summed E-state index contributed by atoms with van der Waals surface area (Å²) >= 11 is 3.48. The average molecular weight is 314 g/mol. The Bertz CT molecular complexity index is 704. The molecule has 0 saturated heterocycles. The van der Waals surface area contributed by atoms with Crippen molar-refractivity contribution < 1.29 is 0 Å². The minimum absolute atomic E-state index is 0.858. The fourth-order valence-electron chi connectivity index (χ4n) is 2.07. The van der Waals surface area contributed by atoms with Gasteiger partial charge in [-0.1, -0.05) is 34.1 Å². The molecule has 0 amide bonds. The second-order valence-corrected chi connectivity index (χ2v) is 5.24. The van der Waals surface area contributed by atoms with E-state index in [1.165, 1.54) is 5.56 Å². The lowest BCUT2D eigenvalue weighted by Gasteiger charge is -2.09. The first kappa shape index (κ1) is 12.1. The number of rotatable bonds is 2. The molecule has 0 fully saturated rings.